The van der Waals surface area contributed by atoms with E-state index in [1.165, 1.54) is 37.7 Å². The fourth-order valence-corrected chi connectivity index (χ4v) is 4.07. The van der Waals surface area contributed by atoms with Crippen molar-refractivity contribution >= 4 is 24.0 Å². The number of nitrogens with two attached hydrogens (primary N) is 1. The predicted molar refractivity (Wildman–Crippen MR) is 106 cm³/mol. The van der Waals surface area contributed by atoms with E-state index >= 15 is 0 Å². The van der Waals surface area contributed by atoms with Gasteiger partial charge in [0.1, 0.15) is 0 Å². The molecule has 1 aromatic rings. The van der Waals surface area contributed by atoms with Gasteiger partial charge in [0.15, 0.2) is 0 Å². The van der Waals surface area contributed by atoms with Crippen molar-refractivity contribution in [2.75, 3.05) is 31.9 Å². The topological polar surface area (TPSA) is 49.6 Å². The van der Waals surface area contributed by atoms with Crippen molar-refractivity contribution in [1.82, 2.24) is 9.80 Å². The second-order valence-electron chi connectivity index (χ2n) is 7.44. The summed E-state index contributed by atoms with van der Waals surface area (Å²) in [6.45, 7) is 4.58. The first kappa shape index (κ1) is 20.1. The monoisotopic (exact) mass is 365 g/mol. The fraction of sp³-hybridized carbons (Fsp3) is 0.650. The molecule has 1 saturated heterocycles. The summed E-state index contributed by atoms with van der Waals surface area (Å²) in [6, 6.07) is 8.10. The number of anilines is 1. The van der Waals surface area contributed by atoms with Gasteiger partial charge in [-0.1, -0.05) is 44.2 Å². The van der Waals surface area contributed by atoms with Crippen molar-refractivity contribution in [3.05, 3.63) is 29.8 Å². The Morgan fingerprint density at radius 3 is 2.48 bits per heavy atom. The van der Waals surface area contributed by atoms with Gasteiger partial charge in [0, 0.05) is 44.8 Å². The van der Waals surface area contributed by atoms with Gasteiger partial charge in [-0.25, -0.2) is 0 Å². The molecule has 0 bridgehead atoms. The average molecular weight is 366 g/mol. The average Bonchev–Trinajstić information content (AvgIpc) is 2.61. The number of piperazine rings is 1. The number of amides is 1. The van der Waals surface area contributed by atoms with Crippen LogP contribution in [0.5, 0.6) is 0 Å². The lowest BCUT2D eigenvalue weighted by Crippen LogP contribution is -2.48. The van der Waals surface area contributed by atoms with Crippen LogP contribution < -0.4 is 5.73 Å². The van der Waals surface area contributed by atoms with Gasteiger partial charge in [0.2, 0.25) is 5.91 Å². The first-order valence-electron chi connectivity index (χ1n) is 9.55. The highest BCUT2D eigenvalue weighted by Gasteiger charge is 2.22. The van der Waals surface area contributed by atoms with E-state index in [0.29, 0.717) is 5.91 Å². The van der Waals surface area contributed by atoms with Gasteiger partial charge in [-0.2, -0.15) is 0 Å². The number of halogens is 1. The third kappa shape index (κ3) is 6.19. The minimum atomic E-state index is 0. The Kier molecular flexibility index (Phi) is 8.04. The number of hydrogen-bond donors (Lipinski definition) is 1. The Bertz CT molecular complexity index is 537. The molecule has 2 fully saturated rings. The molecule has 0 radical (unpaired) electrons. The van der Waals surface area contributed by atoms with E-state index in [2.05, 4.69) is 15.9 Å². The van der Waals surface area contributed by atoms with E-state index in [9.17, 15) is 4.79 Å². The van der Waals surface area contributed by atoms with Gasteiger partial charge in [-0.15, -0.1) is 12.4 Å². The second kappa shape index (κ2) is 10.0. The van der Waals surface area contributed by atoms with Gasteiger partial charge in [-0.05, 0) is 30.0 Å². The molecule has 1 aliphatic heterocycles. The highest BCUT2D eigenvalue weighted by molar-refractivity contribution is 5.85. The quantitative estimate of drug-likeness (QED) is 0.809. The zero-order valence-corrected chi connectivity index (χ0v) is 16.0. The molecule has 140 valence electrons. The summed E-state index contributed by atoms with van der Waals surface area (Å²) < 4.78 is 0. The van der Waals surface area contributed by atoms with Gasteiger partial charge in [0.25, 0.3) is 0 Å². The molecule has 3 rings (SSSR count). The fourth-order valence-electron chi connectivity index (χ4n) is 4.07. The van der Waals surface area contributed by atoms with Crippen LogP contribution in [-0.4, -0.2) is 41.9 Å². The van der Waals surface area contributed by atoms with E-state index in [-0.39, 0.29) is 12.4 Å². The van der Waals surface area contributed by atoms with Gasteiger partial charge >= 0.3 is 0 Å². The molecule has 1 aliphatic carbocycles. The number of carbonyl (C=O) groups is 1. The molecule has 0 aromatic heterocycles. The van der Waals surface area contributed by atoms with Crippen LogP contribution >= 0.6 is 12.4 Å². The maximum atomic E-state index is 12.4. The summed E-state index contributed by atoms with van der Waals surface area (Å²) in [5.74, 6) is 1.16. The Labute approximate surface area is 158 Å². The third-order valence-electron chi connectivity index (χ3n) is 5.57. The van der Waals surface area contributed by atoms with Crippen LogP contribution in [0.25, 0.3) is 0 Å². The molecule has 25 heavy (non-hydrogen) atoms. The highest BCUT2D eigenvalue weighted by Crippen LogP contribution is 2.27. The van der Waals surface area contributed by atoms with Crippen molar-refractivity contribution in [3.63, 3.8) is 0 Å². The molecule has 1 aromatic carbocycles. The van der Waals surface area contributed by atoms with Gasteiger partial charge < -0.3 is 10.6 Å². The Hall–Kier alpha value is -1.26. The smallest absolute Gasteiger partial charge is 0.222 e. The number of benzene rings is 1. The van der Waals surface area contributed by atoms with Crippen LogP contribution in [0.2, 0.25) is 0 Å². The maximum Gasteiger partial charge on any atom is 0.222 e. The first-order chi connectivity index (χ1) is 11.7. The van der Waals surface area contributed by atoms with E-state index in [4.69, 9.17) is 5.73 Å². The molecule has 2 aliphatic rings. The molecular formula is C20H32ClN3O. The largest absolute Gasteiger partial charge is 0.399 e. The minimum absolute atomic E-state index is 0. The summed E-state index contributed by atoms with van der Waals surface area (Å²) in [6.07, 6.45) is 8.63. The molecule has 1 saturated carbocycles. The standard InChI is InChI=1S/C20H31N3O.ClH/c21-19-8-4-7-18(15-19)16-22-11-13-23(14-12-22)20(24)10-9-17-5-2-1-3-6-17;/h4,7-8,15,17H,1-3,5-6,9-14,16,21H2;1H. The van der Waals surface area contributed by atoms with Crippen LogP contribution in [-0.2, 0) is 11.3 Å². The van der Waals surface area contributed by atoms with Gasteiger partial charge in [-0.3, -0.25) is 9.69 Å². The molecule has 4 nitrogen and oxygen atoms in total. The molecule has 2 N–H and O–H groups in total. The summed E-state index contributed by atoms with van der Waals surface area (Å²) >= 11 is 0. The van der Waals surface area contributed by atoms with Crippen molar-refractivity contribution in [3.8, 4) is 0 Å². The van der Waals surface area contributed by atoms with Crippen molar-refractivity contribution in [2.45, 2.75) is 51.5 Å². The van der Waals surface area contributed by atoms with Crippen LogP contribution in [0.1, 0.15) is 50.5 Å². The first-order valence-corrected chi connectivity index (χ1v) is 9.55. The number of nitrogen functional groups attached to an aromatic ring is 1. The lowest BCUT2D eigenvalue weighted by atomic mass is 9.86. The van der Waals surface area contributed by atoms with E-state index in [1.807, 2.05) is 18.2 Å². The summed E-state index contributed by atoms with van der Waals surface area (Å²) in [5.41, 5.74) is 7.93. The van der Waals surface area contributed by atoms with Crippen LogP contribution in [0.4, 0.5) is 5.69 Å². The minimum Gasteiger partial charge on any atom is -0.399 e. The summed E-state index contributed by atoms with van der Waals surface area (Å²) in [7, 11) is 0. The Balaban J connectivity index is 0.00000225. The normalized spacial score (nSPS) is 19.4. The number of nitrogens with zero attached hydrogens (tertiary/aromatic N) is 2. The molecule has 0 unspecified atom stereocenters. The zero-order chi connectivity index (χ0) is 16.8. The van der Waals surface area contributed by atoms with Crippen LogP contribution in [0, 0.1) is 5.92 Å². The second-order valence-corrected chi connectivity index (χ2v) is 7.44. The SMILES string of the molecule is Cl.Nc1cccc(CN2CCN(C(=O)CCC3CCCCC3)CC2)c1. The molecule has 0 spiro atoms. The number of rotatable bonds is 5. The Morgan fingerprint density at radius 2 is 1.80 bits per heavy atom. The summed E-state index contributed by atoms with van der Waals surface area (Å²) in [5, 5.41) is 0. The number of hydrogen-bond acceptors (Lipinski definition) is 3. The highest BCUT2D eigenvalue weighted by atomic mass is 35.5. The zero-order valence-electron chi connectivity index (χ0n) is 15.2. The van der Waals surface area contributed by atoms with Gasteiger partial charge in [0.05, 0.1) is 0 Å². The van der Waals surface area contributed by atoms with E-state index < -0.39 is 0 Å². The van der Waals surface area contributed by atoms with Crippen LogP contribution in [0.3, 0.4) is 0 Å². The van der Waals surface area contributed by atoms with E-state index in [0.717, 1.165) is 57.2 Å². The lowest BCUT2D eigenvalue weighted by molar-refractivity contribution is -0.133. The van der Waals surface area contributed by atoms with E-state index in [1.54, 1.807) is 0 Å². The predicted octanol–water partition coefficient (Wildman–Crippen LogP) is 3.70. The molecular weight excluding hydrogens is 334 g/mol. The number of carbonyl (C=O) groups excluding carboxylic acids is 1. The Morgan fingerprint density at radius 1 is 1.08 bits per heavy atom. The molecule has 1 amide bonds. The molecule has 0 atom stereocenters. The van der Waals surface area contributed by atoms with Crippen molar-refractivity contribution in [2.24, 2.45) is 5.92 Å². The maximum absolute atomic E-state index is 12.4. The third-order valence-corrected chi connectivity index (χ3v) is 5.57. The van der Waals surface area contributed by atoms with Crippen molar-refractivity contribution < 1.29 is 4.79 Å². The lowest BCUT2D eigenvalue weighted by Gasteiger charge is -2.35. The van der Waals surface area contributed by atoms with Crippen molar-refractivity contribution in [1.29, 1.82) is 0 Å². The van der Waals surface area contributed by atoms with Crippen LogP contribution in [0.15, 0.2) is 24.3 Å². The molecule has 1 heterocycles. The molecule has 5 heteroatoms. The summed E-state index contributed by atoms with van der Waals surface area (Å²) in [4.78, 5) is 16.9.